The first kappa shape index (κ1) is 22.5. The Morgan fingerprint density at radius 3 is 2.75 bits per heavy atom. The molecule has 0 amide bonds. The molecule has 0 bridgehead atoms. The van der Waals surface area contributed by atoms with Gasteiger partial charge in [-0.15, -0.1) is 0 Å². The molecule has 0 aliphatic heterocycles. The van der Waals surface area contributed by atoms with Crippen LogP contribution >= 0.6 is 0 Å². The number of nitrogens with zero attached hydrogens (tertiary/aromatic N) is 1. The van der Waals surface area contributed by atoms with Crippen LogP contribution in [0, 0.1) is 12.3 Å². The van der Waals surface area contributed by atoms with Crippen LogP contribution in [0.1, 0.15) is 44.6 Å². The maximum Gasteiger partial charge on any atom is 0.191 e. The molecule has 1 aromatic carbocycles. The molecule has 6 heteroatoms. The largest absolute Gasteiger partial charge is 0.491 e. The van der Waals surface area contributed by atoms with Gasteiger partial charge in [-0.3, -0.25) is 4.99 Å². The number of hydrogen-bond donors (Lipinski definition) is 3. The lowest BCUT2D eigenvalue weighted by Gasteiger charge is -2.27. The van der Waals surface area contributed by atoms with Crippen molar-refractivity contribution in [3.63, 3.8) is 0 Å². The van der Waals surface area contributed by atoms with Crippen molar-refractivity contribution in [2.75, 3.05) is 40.0 Å². The highest BCUT2D eigenvalue weighted by Crippen LogP contribution is 2.41. The zero-order valence-electron chi connectivity index (χ0n) is 17.7. The Bertz CT molecular complexity index is 600. The van der Waals surface area contributed by atoms with Crippen LogP contribution in [0.5, 0.6) is 5.75 Å². The minimum absolute atomic E-state index is 0.244. The van der Waals surface area contributed by atoms with Gasteiger partial charge in [-0.1, -0.05) is 25.0 Å². The van der Waals surface area contributed by atoms with Gasteiger partial charge in [-0.2, -0.15) is 0 Å². The van der Waals surface area contributed by atoms with Crippen LogP contribution in [0.25, 0.3) is 0 Å². The molecule has 0 heterocycles. The molecular weight excluding hydrogens is 354 g/mol. The predicted octanol–water partition coefficient (Wildman–Crippen LogP) is 2.89. The number of rotatable bonds is 11. The number of nitrogens with one attached hydrogen (secondary N) is 2. The molecule has 1 aromatic rings. The summed E-state index contributed by atoms with van der Waals surface area (Å²) in [5.74, 6) is 1.53. The van der Waals surface area contributed by atoms with Crippen molar-refractivity contribution in [1.29, 1.82) is 0 Å². The van der Waals surface area contributed by atoms with E-state index in [2.05, 4.69) is 10.6 Å². The van der Waals surface area contributed by atoms with E-state index >= 15 is 0 Å². The molecule has 1 fully saturated rings. The Kier molecular flexibility index (Phi) is 9.58. The summed E-state index contributed by atoms with van der Waals surface area (Å²) in [5.41, 5.74) is 1.40. The van der Waals surface area contributed by atoms with Crippen LogP contribution in [0.15, 0.2) is 29.3 Å². The number of hydrogen-bond acceptors (Lipinski definition) is 4. The first-order chi connectivity index (χ1) is 13.6. The van der Waals surface area contributed by atoms with Crippen molar-refractivity contribution in [2.24, 2.45) is 10.4 Å². The molecule has 2 rings (SSSR count). The van der Waals surface area contributed by atoms with E-state index in [0.29, 0.717) is 6.54 Å². The molecule has 1 aliphatic carbocycles. The molecule has 0 spiro atoms. The molecule has 0 radical (unpaired) electrons. The molecule has 1 aliphatic rings. The summed E-state index contributed by atoms with van der Waals surface area (Å²) in [6.45, 7) is 7.07. The maximum atomic E-state index is 10.3. The highest BCUT2D eigenvalue weighted by atomic mass is 16.5. The zero-order chi connectivity index (χ0) is 20.2. The van der Waals surface area contributed by atoms with Gasteiger partial charge in [0.05, 0.1) is 0 Å². The minimum atomic E-state index is -0.613. The van der Waals surface area contributed by atoms with Gasteiger partial charge in [0.2, 0.25) is 0 Å². The highest BCUT2D eigenvalue weighted by Gasteiger charge is 2.33. The van der Waals surface area contributed by atoms with E-state index in [-0.39, 0.29) is 12.0 Å². The molecule has 1 atom stereocenters. The van der Waals surface area contributed by atoms with Crippen molar-refractivity contribution in [1.82, 2.24) is 10.6 Å². The SMILES string of the molecule is CCNC(=NCC1(CCOC)CCCC1)NCC(O)COc1cccc(C)c1. The second-order valence-electron chi connectivity index (χ2n) is 7.81. The summed E-state index contributed by atoms with van der Waals surface area (Å²) in [5, 5.41) is 16.8. The fourth-order valence-electron chi connectivity index (χ4n) is 3.69. The summed E-state index contributed by atoms with van der Waals surface area (Å²) >= 11 is 0. The molecule has 28 heavy (non-hydrogen) atoms. The van der Waals surface area contributed by atoms with Crippen LogP contribution in [-0.2, 0) is 4.74 Å². The van der Waals surface area contributed by atoms with Gasteiger partial charge in [-0.25, -0.2) is 0 Å². The average Bonchev–Trinajstić information content (AvgIpc) is 3.16. The first-order valence-electron chi connectivity index (χ1n) is 10.5. The maximum absolute atomic E-state index is 10.3. The quantitative estimate of drug-likeness (QED) is 0.399. The predicted molar refractivity (Wildman–Crippen MR) is 114 cm³/mol. The van der Waals surface area contributed by atoms with Gasteiger partial charge in [-0.05, 0) is 56.2 Å². The van der Waals surface area contributed by atoms with E-state index in [1.165, 1.54) is 25.7 Å². The fraction of sp³-hybridized carbons (Fsp3) is 0.682. The summed E-state index contributed by atoms with van der Waals surface area (Å²) in [6.07, 6.45) is 5.42. The van der Waals surface area contributed by atoms with Gasteiger partial charge in [0, 0.05) is 33.4 Å². The third kappa shape index (κ3) is 7.68. The number of aliphatic imine (C=N–C) groups is 1. The number of aliphatic hydroxyl groups is 1. The summed E-state index contributed by atoms with van der Waals surface area (Å²) < 4.78 is 11.0. The lowest BCUT2D eigenvalue weighted by molar-refractivity contribution is 0.110. The van der Waals surface area contributed by atoms with Crippen molar-refractivity contribution in [3.05, 3.63) is 29.8 Å². The lowest BCUT2D eigenvalue weighted by Crippen LogP contribution is -2.43. The first-order valence-corrected chi connectivity index (χ1v) is 10.5. The van der Waals surface area contributed by atoms with Crippen LogP contribution < -0.4 is 15.4 Å². The van der Waals surface area contributed by atoms with Gasteiger partial charge >= 0.3 is 0 Å². The topological polar surface area (TPSA) is 75.1 Å². The monoisotopic (exact) mass is 391 g/mol. The number of ether oxygens (including phenoxy) is 2. The number of aliphatic hydroxyl groups excluding tert-OH is 1. The second kappa shape index (κ2) is 11.9. The molecule has 0 saturated heterocycles. The number of benzene rings is 1. The average molecular weight is 392 g/mol. The third-order valence-corrected chi connectivity index (χ3v) is 5.35. The Hall–Kier alpha value is -1.79. The van der Waals surface area contributed by atoms with Crippen molar-refractivity contribution in [3.8, 4) is 5.75 Å². The fourth-order valence-corrected chi connectivity index (χ4v) is 3.69. The smallest absolute Gasteiger partial charge is 0.191 e. The minimum Gasteiger partial charge on any atom is -0.491 e. The molecular formula is C22H37N3O3. The number of guanidine groups is 1. The number of aryl methyl sites for hydroxylation is 1. The van der Waals surface area contributed by atoms with Gasteiger partial charge in [0.1, 0.15) is 18.5 Å². The Morgan fingerprint density at radius 2 is 2.07 bits per heavy atom. The van der Waals surface area contributed by atoms with Crippen molar-refractivity contribution in [2.45, 2.75) is 52.1 Å². The third-order valence-electron chi connectivity index (χ3n) is 5.35. The van der Waals surface area contributed by atoms with E-state index in [1.54, 1.807) is 7.11 Å². The second-order valence-corrected chi connectivity index (χ2v) is 7.81. The van der Waals surface area contributed by atoms with Crippen LogP contribution in [0.3, 0.4) is 0 Å². The van der Waals surface area contributed by atoms with Gasteiger partial charge in [0.15, 0.2) is 5.96 Å². The highest BCUT2D eigenvalue weighted by molar-refractivity contribution is 5.79. The van der Waals surface area contributed by atoms with E-state index in [0.717, 1.165) is 43.4 Å². The molecule has 1 saturated carbocycles. The van der Waals surface area contributed by atoms with E-state index in [1.807, 2.05) is 38.1 Å². The summed E-state index contributed by atoms with van der Waals surface area (Å²) in [4.78, 5) is 4.81. The molecule has 1 unspecified atom stereocenters. The van der Waals surface area contributed by atoms with Crippen LogP contribution in [-0.4, -0.2) is 57.1 Å². The zero-order valence-corrected chi connectivity index (χ0v) is 17.7. The van der Waals surface area contributed by atoms with E-state index in [4.69, 9.17) is 14.5 Å². The molecule has 0 aromatic heterocycles. The Labute approximate surface area is 169 Å². The van der Waals surface area contributed by atoms with E-state index < -0.39 is 6.10 Å². The standard InChI is InChI=1S/C22H37N3O3/c1-4-23-21(25-17-22(12-13-27-3)10-5-6-11-22)24-15-19(26)16-28-20-9-7-8-18(2)14-20/h7-9,14,19,26H,4-6,10-13,15-17H2,1-3H3,(H2,23,24,25). The molecule has 6 nitrogen and oxygen atoms in total. The molecule has 158 valence electrons. The van der Waals surface area contributed by atoms with Crippen LogP contribution in [0.4, 0.5) is 0 Å². The Morgan fingerprint density at radius 1 is 1.29 bits per heavy atom. The van der Waals surface area contributed by atoms with Crippen LogP contribution in [0.2, 0.25) is 0 Å². The van der Waals surface area contributed by atoms with Crippen molar-refractivity contribution < 1.29 is 14.6 Å². The van der Waals surface area contributed by atoms with Gasteiger partial charge < -0.3 is 25.2 Å². The molecule has 3 N–H and O–H groups in total. The lowest BCUT2D eigenvalue weighted by atomic mass is 9.83. The van der Waals surface area contributed by atoms with E-state index in [9.17, 15) is 5.11 Å². The summed E-state index contributed by atoms with van der Waals surface area (Å²) in [7, 11) is 1.76. The Balaban J connectivity index is 1.82. The summed E-state index contributed by atoms with van der Waals surface area (Å²) in [6, 6.07) is 7.84. The van der Waals surface area contributed by atoms with Crippen molar-refractivity contribution >= 4 is 5.96 Å². The number of methoxy groups -OCH3 is 1. The van der Waals surface area contributed by atoms with Gasteiger partial charge in [0.25, 0.3) is 0 Å². The normalized spacial score (nSPS) is 17.4.